The Morgan fingerprint density at radius 3 is 2.70 bits per heavy atom. The van der Waals surface area contributed by atoms with Gasteiger partial charge in [-0.1, -0.05) is 6.92 Å². The Kier molecular flexibility index (Phi) is 5.23. The SMILES string of the molecule is CCC(C)OC(=O)C(Oc1ccc2cc(CN)[nH]c2c1)C(=O)O. The molecule has 0 fully saturated rings. The summed E-state index contributed by atoms with van der Waals surface area (Å²) in [5.74, 6) is -2.05. The minimum Gasteiger partial charge on any atom is -0.478 e. The zero-order valence-corrected chi connectivity index (χ0v) is 13.0. The zero-order valence-electron chi connectivity index (χ0n) is 13.0. The molecule has 0 aliphatic heterocycles. The molecule has 0 bridgehead atoms. The van der Waals surface area contributed by atoms with Crippen molar-refractivity contribution in [3.63, 3.8) is 0 Å². The lowest BCUT2D eigenvalue weighted by molar-refractivity contribution is -0.166. The van der Waals surface area contributed by atoms with E-state index in [1.165, 1.54) is 0 Å². The summed E-state index contributed by atoms with van der Waals surface area (Å²) in [5, 5.41) is 10.1. The molecule has 0 radical (unpaired) electrons. The van der Waals surface area contributed by atoms with Crippen LogP contribution in [0.15, 0.2) is 24.3 Å². The number of carboxylic acids is 1. The van der Waals surface area contributed by atoms with Crippen LogP contribution in [0.25, 0.3) is 10.9 Å². The van der Waals surface area contributed by atoms with Gasteiger partial charge in [0.25, 0.3) is 6.10 Å². The largest absolute Gasteiger partial charge is 0.478 e. The van der Waals surface area contributed by atoms with Crippen LogP contribution >= 0.6 is 0 Å². The van der Waals surface area contributed by atoms with Crippen molar-refractivity contribution in [1.82, 2.24) is 4.98 Å². The normalized spacial score (nSPS) is 13.5. The van der Waals surface area contributed by atoms with Crippen LogP contribution in [0.1, 0.15) is 26.0 Å². The predicted octanol–water partition coefficient (Wildman–Crippen LogP) is 1.80. The van der Waals surface area contributed by atoms with E-state index >= 15 is 0 Å². The molecule has 23 heavy (non-hydrogen) atoms. The number of carbonyl (C=O) groups excluding carboxylic acids is 1. The van der Waals surface area contributed by atoms with Crippen molar-refractivity contribution in [3.8, 4) is 5.75 Å². The van der Waals surface area contributed by atoms with Crippen LogP contribution in [0, 0.1) is 0 Å². The van der Waals surface area contributed by atoms with Crippen LogP contribution in [0.3, 0.4) is 0 Å². The molecule has 1 aromatic heterocycles. The van der Waals surface area contributed by atoms with Gasteiger partial charge in [-0.3, -0.25) is 0 Å². The number of fused-ring (bicyclic) bond motifs is 1. The third kappa shape index (κ3) is 4.01. The van der Waals surface area contributed by atoms with E-state index in [9.17, 15) is 14.7 Å². The highest BCUT2D eigenvalue weighted by molar-refractivity contribution is 5.97. The number of aromatic amines is 1. The molecule has 2 rings (SSSR count). The monoisotopic (exact) mass is 320 g/mol. The molecule has 2 unspecified atom stereocenters. The van der Waals surface area contributed by atoms with Crippen LogP contribution < -0.4 is 10.5 Å². The first kappa shape index (κ1) is 16.8. The molecule has 1 heterocycles. The smallest absolute Gasteiger partial charge is 0.359 e. The number of esters is 1. The van der Waals surface area contributed by atoms with Crippen molar-refractivity contribution >= 4 is 22.8 Å². The summed E-state index contributed by atoms with van der Waals surface area (Å²) in [4.78, 5) is 26.3. The first-order chi connectivity index (χ1) is 10.9. The molecule has 2 aromatic rings. The third-order valence-electron chi connectivity index (χ3n) is 3.45. The molecule has 4 N–H and O–H groups in total. The maximum absolute atomic E-state index is 11.9. The Hall–Kier alpha value is -2.54. The second-order valence-electron chi connectivity index (χ2n) is 5.24. The summed E-state index contributed by atoms with van der Waals surface area (Å²) in [7, 11) is 0. The molecule has 0 aliphatic carbocycles. The van der Waals surface area contributed by atoms with E-state index in [1.807, 2.05) is 13.0 Å². The quantitative estimate of drug-likeness (QED) is 0.529. The lowest BCUT2D eigenvalue weighted by Crippen LogP contribution is -2.38. The van der Waals surface area contributed by atoms with Crippen molar-refractivity contribution in [3.05, 3.63) is 30.0 Å². The highest BCUT2D eigenvalue weighted by Crippen LogP contribution is 2.22. The molecule has 1 aromatic carbocycles. The van der Waals surface area contributed by atoms with E-state index in [4.69, 9.17) is 15.2 Å². The highest BCUT2D eigenvalue weighted by Gasteiger charge is 2.31. The van der Waals surface area contributed by atoms with Gasteiger partial charge in [-0.05, 0) is 36.9 Å². The number of ether oxygens (including phenoxy) is 2. The molecule has 2 atom stereocenters. The summed E-state index contributed by atoms with van der Waals surface area (Å²) >= 11 is 0. The molecule has 0 aliphatic rings. The number of carboxylic acid groups (broad SMARTS) is 1. The van der Waals surface area contributed by atoms with Crippen LogP contribution in [0.2, 0.25) is 0 Å². The fraction of sp³-hybridized carbons (Fsp3) is 0.375. The van der Waals surface area contributed by atoms with Gasteiger partial charge in [-0.15, -0.1) is 0 Å². The van der Waals surface area contributed by atoms with Crippen LogP contribution in [0.5, 0.6) is 5.75 Å². The first-order valence-corrected chi connectivity index (χ1v) is 7.36. The molecule has 0 spiro atoms. The number of benzene rings is 1. The van der Waals surface area contributed by atoms with Gasteiger partial charge >= 0.3 is 11.9 Å². The van der Waals surface area contributed by atoms with Gasteiger partial charge in [-0.25, -0.2) is 9.59 Å². The Morgan fingerprint density at radius 2 is 2.09 bits per heavy atom. The average molecular weight is 320 g/mol. The first-order valence-electron chi connectivity index (χ1n) is 7.36. The van der Waals surface area contributed by atoms with E-state index in [-0.39, 0.29) is 11.9 Å². The van der Waals surface area contributed by atoms with Gasteiger partial charge < -0.3 is 25.3 Å². The van der Waals surface area contributed by atoms with Crippen LogP contribution in [-0.4, -0.2) is 34.2 Å². The third-order valence-corrected chi connectivity index (χ3v) is 3.45. The Balaban J connectivity index is 2.19. The van der Waals surface area contributed by atoms with Gasteiger partial charge in [0.15, 0.2) is 0 Å². The number of H-pyrrole nitrogens is 1. The van der Waals surface area contributed by atoms with E-state index in [2.05, 4.69) is 4.98 Å². The minimum absolute atomic E-state index is 0.261. The number of aliphatic carboxylic acids is 1. The lowest BCUT2D eigenvalue weighted by Gasteiger charge is -2.17. The van der Waals surface area contributed by atoms with Gasteiger partial charge in [0.1, 0.15) is 5.75 Å². The van der Waals surface area contributed by atoms with Gasteiger partial charge in [0.05, 0.1) is 6.10 Å². The molecular formula is C16H20N2O5. The van der Waals surface area contributed by atoms with Crippen LogP contribution in [0.4, 0.5) is 0 Å². The Morgan fingerprint density at radius 1 is 1.35 bits per heavy atom. The van der Waals surface area contributed by atoms with E-state index < -0.39 is 18.0 Å². The molecule has 0 saturated carbocycles. The number of hydrogen-bond donors (Lipinski definition) is 3. The highest BCUT2D eigenvalue weighted by atomic mass is 16.6. The molecule has 124 valence electrons. The number of hydrogen-bond acceptors (Lipinski definition) is 5. The van der Waals surface area contributed by atoms with Gasteiger partial charge in [0.2, 0.25) is 0 Å². The predicted molar refractivity (Wildman–Crippen MR) is 84.1 cm³/mol. The number of nitrogens with two attached hydrogens (primary N) is 1. The molecule has 7 heteroatoms. The second-order valence-corrected chi connectivity index (χ2v) is 5.24. The maximum Gasteiger partial charge on any atom is 0.359 e. The second kappa shape index (κ2) is 7.15. The van der Waals surface area contributed by atoms with E-state index in [0.717, 1.165) is 16.6 Å². The summed E-state index contributed by atoms with van der Waals surface area (Å²) in [6.45, 7) is 3.89. The lowest BCUT2D eigenvalue weighted by atomic mass is 10.2. The zero-order chi connectivity index (χ0) is 17.0. The van der Waals surface area contributed by atoms with Crippen molar-refractivity contribution in [1.29, 1.82) is 0 Å². The van der Waals surface area contributed by atoms with Gasteiger partial charge in [0, 0.05) is 23.8 Å². The summed E-state index contributed by atoms with van der Waals surface area (Å²) in [5.41, 5.74) is 7.17. The minimum atomic E-state index is -1.70. The fourth-order valence-corrected chi connectivity index (χ4v) is 2.03. The average Bonchev–Trinajstić information content (AvgIpc) is 2.94. The van der Waals surface area contributed by atoms with Crippen molar-refractivity contribution in [2.45, 2.75) is 39.0 Å². The van der Waals surface area contributed by atoms with Crippen molar-refractivity contribution < 1.29 is 24.2 Å². The summed E-state index contributed by atoms with van der Waals surface area (Å²) in [6.07, 6.45) is -1.48. The summed E-state index contributed by atoms with van der Waals surface area (Å²) < 4.78 is 10.3. The van der Waals surface area contributed by atoms with Crippen molar-refractivity contribution in [2.24, 2.45) is 5.73 Å². The number of carbonyl (C=O) groups is 2. The molecule has 0 amide bonds. The molecule has 0 saturated heterocycles. The Labute approximate surface area is 133 Å². The van der Waals surface area contributed by atoms with Gasteiger partial charge in [-0.2, -0.15) is 0 Å². The van der Waals surface area contributed by atoms with Crippen LogP contribution in [-0.2, 0) is 20.9 Å². The summed E-state index contributed by atoms with van der Waals surface area (Å²) in [6, 6.07) is 6.88. The number of rotatable bonds is 7. The number of nitrogens with one attached hydrogen (secondary N) is 1. The standard InChI is InChI=1S/C16H20N2O5/c1-3-9(2)22-16(21)14(15(19)20)23-12-5-4-10-6-11(8-17)18-13(10)7-12/h4-7,9,14,18H,3,8,17H2,1-2H3,(H,19,20). The maximum atomic E-state index is 11.9. The molecule has 7 nitrogen and oxygen atoms in total. The molecular weight excluding hydrogens is 300 g/mol. The fourth-order valence-electron chi connectivity index (χ4n) is 2.03. The Bertz CT molecular complexity index is 710. The van der Waals surface area contributed by atoms with E-state index in [0.29, 0.717) is 13.0 Å². The topological polar surface area (TPSA) is 115 Å². The van der Waals surface area contributed by atoms with Crippen molar-refractivity contribution in [2.75, 3.05) is 0 Å². The van der Waals surface area contributed by atoms with E-state index in [1.54, 1.807) is 25.1 Å². The number of aromatic nitrogens is 1.